The Hall–Kier alpha value is -2.36. The van der Waals surface area contributed by atoms with Crippen LogP contribution in [0.1, 0.15) is 41.3 Å². The maximum atomic E-state index is 13.8. The number of carbonyl (C=O) groups is 1. The van der Waals surface area contributed by atoms with Gasteiger partial charge >= 0.3 is 5.97 Å². The van der Waals surface area contributed by atoms with Crippen LogP contribution in [0.4, 0.5) is 4.39 Å². The van der Waals surface area contributed by atoms with Crippen LogP contribution in [0.5, 0.6) is 5.75 Å². The van der Waals surface area contributed by atoms with Gasteiger partial charge in [-0.15, -0.1) is 0 Å². The molecule has 0 heterocycles. The Bertz CT molecular complexity index is 650. The van der Waals surface area contributed by atoms with Crippen LogP contribution in [0.25, 0.3) is 0 Å². The minimum atomic E-state index is -1.15. The van der Waals surface area contributed by atoms with Gasteiger partial charge in [-0.3, -0.25) is 0 Å². The lowest BCUT2D eigenvalue weighted by atomic mass is 10.0. The van der Waals surface area contributed by atoms with Crippen molar-refractivity contribution in [2.75, 3.05) is 0 Å². The summed E-state index contributed by atoms with van der Waals surface area (Å²) < 4.78 is 19.5. The van der Waals surface area contributed by atoms with Gasteiger partial charge in [0.15, 0.2) is 0 Å². The standard InChI is InChI=1S/C17H17FO3/c1-11(2)14-5-3-4-6-16(14)21-10-13-8-7-12(17(19)20)9-15(13)18/h3-9,11H,10H2,1-2H3,(H,19,20). The fourth-order valence-electron chi connectivity index (χ4n) is 2.04. The first kappa shape index (κ1) is 15.0. The molecule has 0 radical (unpaired) electrons. The first-order chi connectivity index (χ1) is 9.99. The van der Waals surface area contributed by atoms with E-state index < -0.39 is 11.8 Å². The third kappa shape index (κ3) is 3.60. The molecule has 0 amide bonds. The van der Waals surface area contributed by atoms with Gasteiger partial charge in [0.1, 0.15) is 18.2 Å². The van der Waals surface area contributed by atoms with Crippen molar-refractivity contribution in [2.45, 2.75) is 26.4 Å². The highest BCUT2D eigenvalue weighted by molar-refractivity contribution is 5.87. The van der Waals surface area contributed by atoms with E-state index in [9.17, 15) is 9.18 Å². The van der Waals surface area contributed by atoms with Crippen LogP contribution < -0.4 is 4.74 Å². The van der Waals surface area contributed by atoms with Gasteiger partial charge in [-0.1, -0.05) is 38.1 Å². The zero-order chi connectivity index (χ0) is 15.4. The van der Waals surface area contributed by atoms with Crippen LogP contribution in [0.3, 0.4) is 0 Å². The van der Waals surface area contributed by atoms with Crippen molar-refractivity contribution in [3.8, 4) is 5.75 Å². The van der Waals surface area contributed by atoms with Crippen LogP contribution in [-0.4, -0.2) is 11.1 Å². The van der Waals surface area contributed by atoms with E-state index in [0.29, 0.717) is 17.2 Å². The minimum absolute atomic E-state index is 0.0649. The zero-order valence-corrected chi connectivity index (χ0v) is 12.0. The quantitative estimate of drug-likeness (QED) is 0.895. The summed E-state index contributed by atoms with van der Waals surface area (Å²) in [6.45, 7) is 4.18. The summed E-state index contributed by atoms with van der Waals surface area (Å²) in [6, 6.07) is 11.4. The van der Waals surface area contributed by atoms with E-state index in [0.717, 1.165) is 11.6 Å². The van der Waals surface area contributed by atoms with E-state index >= 15 is 0 Å². The van der Waals surface area contributed by atoms with E-state index in [4.69, 9.17) is 9.84 Å². The summed E-state index contributed by atoms with van der Waals surface area (Å²) in [6.07, 6.45) is 0. The number of benzene rings is 2. The summed E-state index contributed by atoms with van der Waals surface area (Å²) >= 11 is 0. The molecule has 21 heavy (non-hydrogen) atoms. The highest BCUT2D eigenvalue weighted by Crippen LogP contribution is 2.26. The van der Waals surface area contributed by atoms with E-state index in [1.54, 1.807) is 0 Å². The van der Waals surface area contributed by atoms with E-state index in [1.807, 2.05) is 24.3 Å². The Kier molecular flexibility index (Phi) is 4.58. The summed E-state index contributed by atoms with van der Waals surface area (Å²) in [7, 11) is 0. The highest BCUT2D eigenvalue weighted by atomic mass is 19.1. The maximum Gasteiger partial charge on any atom is 0.335 e. The second kappa shape index (κ2) is 6.39. The van der Waals surface area contributed by atoms with Crippen LogP contribution in [-0.2, 0) is 6.61 Å². The molecule has 4 heteroatoms. The molecule has 0 unspecified atom stereocenters. The first-order valence-corrected chi connectivity index (χ1v) is 6.72. The SMILES string of the molecule is CC(C)c1ccccc1OCc1ccc(C(=O)O)cc1F. The van der Waals surface area contributed by atoms with Crippen LogP contribution in [0.15, 0.2) is 42.5 Å². The minimum Gasteiger partial charge on any atom is -0.489 e. The number of hydrogen-bond donors (Lipinski definition) is 1. The lowest BCUT2D eigenvalue weighted by Crippen LogP contribution is -2.04. The van der Waals surface area contributed by atoms with Gasteiger partial charge in [-0.05, 0) is 29.7 Å². The Morgan fingerprint density at radius 1 is 1.24 bits per heavy atom. The molecule has 0 aliphatic rings. The van der Waals surface area contributed by atoms with E-state index in [-0.39, 0.29) is 12.2 Å². The zero-order valence-electron chi connectivity index (χ0n) is 12.0. The van der Waals surface area contributed by atoms with Gasteiger partial charge in [0.25, 0.3) is 0 Å². The van der Waals surface area contributed by atoms with E-state index in [2.05, 4.69) is 13.8 Å². The molecule has 3 nitrogen and oxygen atoms in total. The molecule has 0 saturated carbocycles. The summed E-state index contributed by atoms with van der Waals surface area (Å²) in [5, 5.41) is 8.81. The number of rotatable bonds is 5. The Morgan fingerprint density at radius 3 is 2.57 bits per heavy atom. The maximum absolute atomic E-state index is 13.8. The molecule has 0 fully saturated rings. The third-order valence-electron chi connectivity index (χ3n) is 3.22. The number of ether oxygens (including phenoxy) is 1. The Morgan fingerprint density at radius 2 is 1.95 bits per heavy atom. The van der Waals surface area contributed by atoms with Gasteiger partial charge in [0.05, 0.1) is 5.56 Å². The molecule has 2 rings (SSSR count). The lowest BCUT2D eigenvalue weighted by molar-refractivity contribution is 0.0696. The van der Waals surface area contributed by atoms with Crippen molar-refractivity contribution in [3.63, 3.8) is 0 Å². The second-order valence-electron chi connectivity index (χ2n) is 5.09. The normalized spacial score (nSPS) is 10.7. The lowest BCUT2D eigenvalue weighted by Gasteiger charge is -2.14. The number of para-hydroxylation sites is 1. The Labute approximate surface area is 123 Å². The molecule has 0 atom stereocenters. The highest BCUT2D eigenvalue weighted by Gasteiger charge is 2.11. The summed E-state index contributed by atoms with van der Waals surface area (Å²) in [5.74, 6) is -0.696. The molecule has 0 spiro atoms. The van der Waals surface area contributed by atoms with Crippen molar-refractivity contribution < 1.29 is 19.0 Å². The van der Waals surface area contributed by atoms with Gasteiger partial charge in [-0.2, -0.15) is 0 Å². The Balaban J connectivity index is 2.15. The van der Waals surface area contributed by atoms with Crippen molar-refractivity contribution in [1.82, 2.24) is 0 Å². The number of halogens is 1. The fourth-order valence-corrected chi connectivity index (χ4v) is 2.04. The summed E-state index contributed by atoms with van der Waals surface area (Å²) in [4.78, 5) is 10.8. The molecule has 0 aliphatic carbocycles. The molecule has 0 aromatic heterocycles. The molecule has 0 saturated heterocycles. The average Bonchev–Trinajstić information content (AvgIpc) is 2.46. The largest absolute Gasteiger partial charge is 0.489 e. The van der Waals surface area contributed by atoms with Crippen LogP contribution in [0, 0.1) is 5.82 Å². The molecule has 2 aromatic rings. The molecule has 110 valence electrons. The molecule has 0 aliphatic heterocycles. The number of carboxylic acids is 1. The fraction of sp³-hybridized carbons (Fsp3) is 0.235. The van der Waals surface area contributed by atoms with E-state index in [1.165, 1.54) is 12.1 Å². The second-order valence-corrected chi connectivity index (χ2v) is 5.09. The predicted octanol–water partition coefficient (Wildman–Crippen LogP) is 4.23. The predicted molar refractivity (Wildman–Crippen MR) is 78.2 cm³/mol. The molecule has 0 bridgehead atoms. The van der Waals surface area contributed by atoms with Gasteiger partial charge < -0.3 is 9.84 Å². The number of carboxylic acid groups (broad SMARTS) is 1. The van der Waals surface area contributed by atoms with Gasteiger partial charge in [-0.25, -0.2) is 9.18 Å². The van der Waals surface area contributed by atoms with Gasteiger partial charge in [0.2, 0.25) is 0 Å². The average molecular weight is 288 g/mol. The van der Waals surface area contributed by atoms with Crippen molar-refractivity contribution in [2.24, 2.45) is 0 Å². The monoisotopic (exact) mass is 288 g/mol. The smallest absolute Gasteiger partial charge is 0.335 e. The first-order valence-electron chi connectivity index (χ1n) is 6.72. The third-order valence-corrected chi connectivity index (χ3v) is 3.22. The van der Waals surface area contributed by atoms with Crippen molar-refractivity contribution in [3.05, 3.63) is 65.0 Å². The molecule has 2 aromatic carbocycles. The van der Waals surface area contributed by atoms with Crippen LogP contribution >= 0.6 is 0 Å². The molecular formula is C17H17FO3. The topological polar surface area (TPSA) is 46.5 Å². The van der Waals surface area contributed by atoms with Crippen molar-refractivity contribution >= 4 is 5.97 Å². The molecule has 1 N–H and O–H groups in total. The van der Waals surface area contributed by atoms with Crippen LogP contribution in [0.2, 0.25) is 0 Å². The summed E-state index contributed by atoms with van der Waals surface area (Å²) in [5.41, 5.74) is 1.32. The van der Waals surface area contributed by atoms with Gasteiger partial charge in [0, 0.05) is 5.56 Å². The van der Waals surface area contributed by atoms with Crippen molar-refractivity contribution in [1.29, 1.82) is 0 Å². The number of aromatic carboxylic acids is 1. The molecular weight excluding hydrogens is 271 g/mol. The number of hydrogen-bond acceptors (Lipinski definition) is 2.